The molecule has 2 aliphatic rings. The number of anilines is 1. The number of esters is 1. The Labute approximate surface area is 219 Å². The fraction of sp³-hybridized carbons (Fsp3) is 0.310. The number of carbonyl (C=O) groups is 2. The highest BCUT2D eigenvalue weighted by molar-refractivity contribution is 7.07. The number of aryl methyl sites for hydroxylation is 1. The minimum absolute atomic E-state index is 0.185. The number of hydrogen-bond donors (Lipinski definition) is 0. The molecule has 37 heavy (non-hydrogen) atoms. The van der Waals surface area contributed by atoms with Crippen LogP contribution in [0.15, 0.2) is 69.6 Å². The van der Waals surface area contributed by atoms with E-state index in [1.165, 1.54) is 11.3 Å². The summed E-state index contributed by atoms with van der Waals surface area (Å²) in [6, 6.07) is 14.6. The number of rotatable bonds is 5. The van der Waals surface area contributed by atoms with E-state index in [2.05, 4.69) is 4.99 Å². The van der Waals surface area contributed by atoms with E-state index in [1.807, 2.05) is 62.4 Å². The lowest BCUT2D eigenvalue weighted by molar-refractivity contribution is -0.143. The smallest absolute Gasteiger partial charge is 0.338 e. The number of allylic oxidation sites excluding steroid dienone is 1. The summed E-state index contributed by atoms with van der Waals surface area (Å²) in [5.41, 5.74) is 4.27. The van der Waals surface area contributed by atoms with Gasteiger partial charge >= 0.3 is 5.97 Å². The highest BCUT2D eigenvalue weighted by atomic mass is 32.1. The number of benzene rings is 2. The number of carbonyl (C=O) groups excluding carboxylic acids is 2. The Kier molecular flexibility index (Phi) is 6.45. The number of fused-ring (bicyclic) bond motifs is 2. The van der Waals surface area contributed by atoms with E-state index in [0.29, 0.717) is 32.7 Å². The van der Waals surface area contributed by atoms with Gasteiger partial charge in [0.15, 0.2) is 4.80 Å². The quantitative estimate of drug-likeness (QED) is 0.486. The highest BCUT2D eigenvalue weighted by Gasteiger charge is 2.37. The van der Waals surface area contributed by atoms with Crippen molar-refractivity contribution in [3.63, 3.8) is 0 Å². The number of nitrogens with zero attached hydrogens (tertiary/aromatic N) is 3. The van der Waals surface area contributed by atoms with Crippen LogP contribution in [0, 0.1) is 6.92 Å². The third-order valence-electron chi connectivity index (χ3n) is 6.55. The SMILES string of the molecule is CCCN1C(=O)/C(=c2\sc3n(c2=O)[C@H](c2ccc(C)cc2)C(C(=O)OC(C)C)=C(C)N=3)c2ccccc21. The Balaban J connectivity index is 1.80. The van der Waals surface area contributed by atoms with Crippen LogP contribution in [0.25, 0.3) is 5.57 Å². The highest BCUT2D eigenvalue weighted by Crippen LogP contribution is 2.35. The van der Waals surface area contributed by atoms with Gasteiger partial charge in [0.2, 0.25) is 0 Å². The lowest BCUT2D eigenvalue weighted by Crippen LogP contribution is -2.41. The third-order valence-corrected chi connectivity index (χ3v) is 7.60. The van der Waals surface area contributed by atoms with Gasteiger partial charge in [-0.15, -0.1) is 0 Å². The van der Waals surface area contributed by atoms with Crippen LogP contribution in [0.5, 0.6) is 0 Å². The average Bonchev–Trinajstić information content (AvgIpc) is 3.31. The molecule has 0 saturated carbocycles. The number of thiazole rings is 1. The molecule has 0 radical (unpaired) electrons. The number of aromatic nitrogens is 1. The Morgan fingerprint density at radius 3 is 2.46 bits per heavy atom. The first kappa shape index (κ1) is 24.9. The van der Waals surface area contributed by atoms with Gasteiger partial charge in [-0.3, -0.25) is 14.2 Å². The summed E-state index contributed by atoms with van der Waals surface area (Å²) in [4.78, 5) is 47.8. The first-order valence-electron chi connectivity index (χ1n) is 12.5. The first-order chi connectivity index (χ1) is 17.7. The molecule has 0 fully saturated rings. The molecule has 0 aliphatic carbocycles. The molecule has 0 saturated heterocycles. The topological polar surface area (TPSA) is 81.0 Å². The maximum absolute atomic E-state index is 14.1. The van der Waals surface area contributed by atoms with Crippen molar-refractivity contribution in [1.82, 2.24) is 4.57 Å². The Morgan fingerprint density at radius 2 is 1.78 bits per heavy atom. The first-order valence-corrected chi connectivity index (χ1v) is 13.3. The van der Waals surface area contributed by atoms with Crippen molar-refractivity contribution in [3.05, 3.63) is 96.2 Å². The summed E-state index contributed by atoms with van der Waals surface area (Å²) in [7, 11) is 0. The maximum atomic E-state index is 14.1. The van der Waals surface area contributed by atoms with Gasteiger partial charge in [-0.25, -0.2) is 9.79 Å². The second kappa shape index (κ2) is 9.59. The summed E-state index contributed by atoms with van der Waals surface area (Å²) in [6.45, 7) is 9.90. The number of ether oxygens (including phenoxy) is 1. The van der Waals surface area contributed by atoms with Gasteiger partial charge in [-0.1, -0.05) is 66.3 Å². The zero-order valence-corrected chi connectivity index (χ0v) is 22.4. The summed E-state index contributed by atoms with van der Waals surface area (Å²) in [6.07, 6.45) is 0.470. The molecule has 0 bridgehead atoms. The molecular weight excluding hydrogens is 486 g/mol. The van der Waals surface area contributed by atoms with Crippen LogP contribution < -0.4 is 19.8 Å². The molecule has 1 aromatic heterocycles. The molecule has 0 unspecified atom stereocenters. The van der Waals surface area contributed by atoms with Gasteiger partial charge in [-0.05, 0) is 45.7 Å². The van der Waals surface area contributed by atoms with Crippen molar-refractivity contribution in [2.45, 2.75) is 53.2 Å². The molecule has 2 aliphatic heterocycles. The molecule has 0 N–H and O–H groups in total. The minimum Gasteiger partial charge on any atom is -0.459 e. The summed E-state index contributed by atoms with van der Waals surface area (Å²) < 4.78 is 7.44. The standard InChI is InChI=1S/C29H29N3O4S/c1-6-15-31-21-10-8-7-9-20(21)23(26(31)33)25-27(34)32-24(19-13-11-17(4)12-14-19)22(28(35)36-16(2)3)18(5)30-29(32)37-25/h7-14,16,24H,6,15H2,1-5H3/b25-23-/t24-/m1/s1. The molecule has 1 atom stereocenters. The van der Waals surface area contributed by atoms with E-state index in [-0.39, 0.29) is 17.6 Å². The van der Waals surface area contributed by atoms with Gasteiger partial charge < -0.3 is 9.64 Å². The fourth-order valence-corrected chi connectivity index (χ4v) is 6.06. The van der Waals surface area contributed by atoms with E-state index in [0.717, 1.165) is 28.8 Å². The van der Waals surface area contributed by atoms with Gasteiger partial charge in [-0.2, -0.15) is 0 Å². The molecule has 1 amide bonds. The lowest BCUT2D eigenvalue weighted by atomic mass is 9.95. The second-order valence-corrected chi connectivity index (χ2v) is 10.6. The van der Waals surface area contributed by atoms with Gasteiger partial charge in [0, 0.05) is 12.1 Å². The summed E-state index contributed by atoms with van der Waals surface area (Å²) in [5, 5.41) is 0. The minimum atomic E-state index is -0.712. The largest absolute Gasteiger partial charge is 0.459 e. The van der Waals surface area contributed by atoms with E-state index < -0.39 is 12.0 Å². The average molecular weight is 516 g/mol. The second-order valence-electron chi connectivity index (χ2n) is 9.62. The van der Waals surface area contributed by atoms with Gasteiger partial charge in [0.05, 0.1) is 34.7 Å². The molecule has 8 heteroatoms. The molecule has 190 valence electrons. The molecule has 0 spiro atoms. The van der Waals surface area contributed by atoms with E-state index >= 15 is 0 Å². The van der Waals surface area contributed by atoms with Crippen LogP contribution in [0.1, 0.15) is 56.8 Å². The van der Waals surface area contributed by atoms with Crippen molar-refractivity contribution in [3.8, 4) is 0 Å². The van der Waals surface area contributed by atoms with Crippen molar-refractivity contribution in [1.29, 1.82) is 0 Å². The molecule has 2 aromatic carbocycles. The van der Waals surface area contributed by atoms with Gasteiger partial charge in [0.1, 0.15) is 4.53 Å². The number of hydrogen-bond acceptors (Lipinski definition) is 6. The Morgan fingerprint density at radius 1 is 1.08 bits per heavy atom. The Bertz CT molecular complexity index is 1630. The predicted octanol–water partition coefficient (Wildman–Crippen LogP) is 3.62. The van der Waals surface area contributed by atoms with Crippen LogP contribution in [0.4, 0.5) is 5.69 Å². The zero-order valence-electron chi connectivity index (χ0n) is 21.6. The summed E-state index contributed by atoms with van der Waals surface area (Å²) >= 11 is 1.19. The lowest BCUT2D eigenvalue weighted by Gasteiger charge is -2.25. The monoisotopic (exact) mass is 515 g/mol. The van der Waals surface area contributed by atoms with Crippen LogP contribution in [-0.2, 0) is 14.3 Å². The number of amides is 1. The third kappa shape index (κ3) is 4.15. The van der Waals surface area contributed by atoms with E-state index in [9.17, 15) is 14.4 Å². The van der Waals surface area contributed by atoms with E-state index in [4.69, 9.17) is 4.74 Å². The van der Waals surface area contributed by atoms with Crippen LogP contribution in [0.3, 0.4) is 0 Å². The normalized spacial score (nSPS) is 18.2. The van der Waals surface area contributed by atoms with Crippen molar-refractivity contribution < 1.29 is 14.3 Å². The van der Waals surface area contributed by atoms with Crippen LogP contribution >= 0.6 is 11.3 Å². The van der Waals surface area contributed by atoms with Crippen LogP contribution in [-0.4, -0.2) is 29.1 Å². The van der Waals surface area contributed by atoms with Crippen LogP contribution in [0.2, 0.25) is 0 Å². The van der Waals surface area contributed by atoms with Gasteiger partial charge in [0.25, 0.3) is 11.5 Å². The number of para-hydroxylation sites is 1. The molecule has 3 heterocycles. The van der Waals surface area contributed by atoms with Crippen molar-refractivity contribution in [2.75, 3.05) is 11.4 Å². The molecule has 3 aromatic rings. The molecular formula is C29H29N3O4S. The van der Waals surface area contributed by atoms with Crippen molar-refractivity contribution >= 4 is 34.5 Å². The van der Waals surface area contributed by atoms with E-state index in [1.54, 1.807) is 30.2 Å². The van der Waals surface area contributed by atoms with Crippen molar-refractivity contribution in [2.24, 2.45) is 4.99 Å². The fourth-order valence-electron chi connectivity index (χ4n) is 4.92. The summed E-state index contributed by atoms with van der Waals surface area (Å²) in [5.74, 6) is -0.688. The Hall–Kier alpha value is -3.78. The zero-order chi connectivity index (χ0) is 26.4. The predicted molar refractivity (Wildman–Crippen MR) is 144 cm³/mol. The molecule has 7 nitrogen and oxygen atoms in total. The molecule has 5 rings (SSSR count). The maximum Gasteiger partial charge on any atom is 0.338 e.